The van der Waals surface area contributed by atoms with Crippen molar-refractivity contribution >= 4 is 29.1 Å². The molecule has 9 heteroatoms. The summed E-state index contributed by atoms with van der Waals surface area (Å²) in [5.74, 6) is -0.491. The molecule has 2 amide bonds. The number of benzene rings is 1. The van der Waals surface area contributed by atoms with Crippen LogP contribution in [0.5, 0.6) is 0 Å². The van der Waals surface area contributed by atoms with Gasteiger partial charge in [-0.25, -0.2) is 9.78 Å². The van der Waals surface area contributed by atoms with Crippen molar-refractivity contribution < 1.29 is 24.2 Å². The normalized spacial score (nSPS) is 19.0. The molecule has 0 saturated carbocycles. The lowest BCUT2D eigenvalue weighted by molar-refractivity contribution is -0.141. The number of aliphatic hydroxyl groups excluding tert-OH is 1. The first-order chi connectivity index (χ1) is 17.2. The lowest BCUT2D eigenvalue weighted by atomic mass is 9.85. The average molecular weight is 530 g/mol. The van der Waals surface area contributed by atoms with Gasteiger partial charge in [0.1, 0.15) is 11.6 Å². The Bertz CT molecular complexity index is 1110. The molecule has 1 aromatic carbocycles. The monoisotopic (exact) mass is 529 g/mol. The van der Waals surface area contributed by atoms with Crippen LogP contribution < -0.4 is 5.32 Å². The van der Waals surface area contributed by atoms with Crippen LogP contribution in [0.25, 0.3) is 10.4 Å². The van der Waals surface area contributed by atoms with E-state index in [0.717, 1.165) is 21.7 Å². The fraction of sp³-hybridized carbons (Fsp3) is 0.571. The van der Waals surface area contributed by atoms with E-state index in [2.05, 4.69) is 10.3 Å². The minimum Gasteiger partial charge on any atom is -0.444 e. The molecule has 0 bridgehead atoms. The van der Waals surface area contributed by atoms with Gasteiger partial charge >= 0.3 is 6.09 Å². The van der Waals surface area contributed by atoms with Crippen LogP contribution in [-0.2, 0) is 20.7 Å². The van der Waals surface area contributed by atoms with Gasteiger partial charge < -0.3 is 20.1 Å². The maximum atomic E-state index is 13.6. The highest BCUT2D eigenvalue weighted by molar-refractivity contribution is 7.13. The van der Waals surface area contributed by atoms with E-state index in [9.17, 15) is 19.5 Å². The molecule has 1 aromatic heterocycles. The smallest absolute Gasteiger partial charge is 0.408 e. The molecule has 0 aliphatic carbocycles. The number of thiazole rings is 1. The van der Waals surface area contributed by atoms with Gasteiger partial charge in [-0.15, -0.1) is 11.3 Å². The third-order valence-electron chi connectivity index (χ3n) is 6.33. The van der Waals surface area contributed by atoms with Gasteiger partial charge in [0.25, 0.3) is 0 Å². The fourth-order valence-electron chi connectivity index (χ4n) is 4.44. The van der Waals surface area contributed by atoms with E-state index in [1.807, 2.05) is 57.5 Å². The van der Waals surface area contributed by atoms with Crippen molar-refractivity contribution in [2.45, 2.75) is 91.5 Å². The Kier molecular flexibility index (Phi) is 8.80. The number of nitrogens with zero attached hydrogens (tertiary/aromatic N) is 2. The molecule has 0 unspecified atom stereocenters. The van der Waals surface area contributed by atoms with Gasteiger partial charge in [-0.1, -0.05) is 45.0 Å². The van der Waals surface area contributed by atoms with Crippen LogP contribution in [0.4, 0.5) is 4.79 Å². The summed E-state index contributed by atoms with van der Waals surface area (Å²) in [4.78, 5) is 46.2. The number of aliphatic hydroxyl groups is 1. The summed E-state index contributed by atoms with van der Waals surface area (Å²) in [6, 6.07) is 6.44. The molecule has 0 radical (unpaired) electrons. The van der Waals surface area contributed by atoms with Gasteiger partial charge in [-0.05, 0) is 50.7 Å². The number of carbonyl (C=O) groups is 3. The standard InChI is InChI=1S/C28H39N3O5S/c1-17-23(37-16-29-17)19-11-8-18(9-12-19)10-13-22(33)21-14-20(32)15-31(21)25(34)24(27(2,3)4)30-26(35)36-28(5,6)7/h8-9,11-12,16,20-21,24,32H,10,13-15H2,1-7H3,(H,30,35)/t20-,21+,24-/m1/s1. The SMILES string of the molecule is Cc1ncsc1-c1ccc(CCC(=O)[C@@H]2C[C@@H](O)CN2C(=O)[C@@H](NC(=O)OC(C)(C)C)C(C)(C)C)cc1. The summed E-state index contributed by atoms with van der Waals surface area (Å²) < 4.78 is 5.36. The van der Waals surface area contributed by atoms with E-state index in [4.69, 9.17) is 4.74 Å². The van der Waals surface area contributed by atoms with Crippen LogP contribution in [0.3, 0.4) is 0 Å². The summed E-state index contributed by atoms with van der Waals surface area (Å²) in [5, 5.41) is 13.0. The topological polar surface area (TPSA) is 109 Å². The predicted molar refractivity (Wildman–Crippen MR) is 144 cm³/mol. The van der Waals surface area contributed by atoms with Crippen LogP contribution in [0, 0.1) is 12.3 Å². The highest BCUT2D eigenvalue weighted by atomic mass is 32.1. The Morgan fingerprint density at radius 3 is 2.35 bits per heavy atom. The third kappa shape index (κ3) is 7.61. The van der Waals surface area contributed by atoms with Gasteiger partial charge in [-0.2, -0.15) is 0 Å². The number of Topliss-reactive ketones (excluding diaryl/α,β-unsaturated/α-hetero) is 1. The Balaban J connectivity index is 1.68. The molecular formula is C28H39N3O5S. The average Bonchev–Trinajstić information content (AvgIpc) is 3.39. The molecular weight excluding hydrogens is 490 g/mol. The highest BCUT2D eigenvalue weighted by Gasteiger charge is 2.44. The van der Waals surface area contributed by atoms with E-state index in [1.54, 1.807) is 32.1 Å². The molecule has 1 saturated heterocycles. The maximum absolute atomic E-state index is 13.6. The zero-order valence-electron chi connectivity index (χ0n) is 22.8. The number of amides is 2. The molecule has 3 rings (SSSR count). The molecule has 1 fully saturated rings. The first-order valence-electron chi connectivity index (χ1n) is 12.7. The predicted octanol–water partition coefficient (Wildman–Crippen LogP) is 4.52. The van der Waals surface area contributed by atoms with Gasteiger partial charge in [-0.3, -0.25) is 9.59 Å². The second kappa shape index (κ2) is 11.3. The molecule has 37 heavy (non-hydrogen) atoms. The number of hydrogen-bond acceptors (Lipinski definition) is 7. The van der Waals surface area contributed by atoms with Crippen LogP contribution in [0.15, 0.2) is 29.8 Å². The minimum atomic E-state index is -0.911. The maximum Gasteiger partial charge on any atom is 0.408 e. The van der Waals surface area contributed by atoms with E-state index >= 15 is 0 Å². The zero-order valence-corrected chi connectivity index (χ0v) is 23.6. The van der Waals surface area contributed by atoms with E-state index in [1.165, 1.54) is 4.90 Å². The Morgan fingerprint density at radius 1 is 1.16 bits per heavy atom. The molecule has 1 aliphatic rings. The van der Waals surface area contributed by atoms with Crippen molar-refractivity contribution in [1.29, 1.82) is 0 Å². The summed E-state index contributed by atoms with van der Waals surface area (Å²) >= 11 is 1.60. The first-order valence-corrected chi connectivity index (χ1v) is 13.5. The number of ether oxygens (including phenoxy) is 1. The van der Waals surface area contributed by atoms with Crippen molar-refractivity contribution in [2.75, 3.05) is 6.54 Å². The number of β-amino-alcohol motifs (C(OH)–C–C–N with tert-alkyl or cyclic N) is 1. The molecule has 1 aliphatic heterocycles. The summed E-state index contributed by atoms with van der Waals surface area (Å²) in [6.45, 7) is 12.8. The Hall–Kier alpha value is -2.78. The molecule has 2 heterocycles. The molecule has 3 atom stereocenters. The second-order valence-corrected chi connectivity index (χ2v) is 12.6. The zero-order chi connectivity index (χ0) is 27.5. The molecule has 8 nitrogen and oxygen atoms in total. The van der Waals surface area contributed by atoms with Crippen LogP contribution >= 0.6 is 11.3 Å². The summed E-state index contributed by atoms with van der Waals surface area (Å²) in [5.41, 5.74) is 3.59. The number of aromatic nitrogens is 1. The van der Waals surface area contributed by atoms with Crippen molar-refractivity contribution in [3.05, 3.63) is 41.0 Å². The molecule has 2 N–H and O–H groups in total. The number of aryl methyl sites for hydroxylation is 2. The van der Waals surface area contributed by atoms with Crippen LogP contribution in [0.2, 0.25) is 0 Å². The third-order valence-corrected chi connectivity index (χ3v) is 7.31. The van der Waals surface area contributed by atoms with E-state index < -0.39 is 41.2 Å². The Labute approximate surface area is 223 Å². The quantitative estimate of drug-likeness (QED) is 0.546. The lowest BCUT2D eigenvalue weighted by Gasteiger charge is -2.35. The second-order valence-electron chi connectivity index (χ2n) is 11.8. The number of ketones is 1. The number of nitrogens with one attached hydrogen (secondary N) is 1. The van der Waals surface area contributed by atoms with Gasteiger partial charge in [0.2, 0.25) is 5.91 Å². The van der Waals surface area contributed by atoms with Crippen molar-refractivity contribution in [1.82, 2.24) is 15.2 Å². The first kappa shape index (κ1) is 28.8. The highest BCUT2D eigenvalue weighted by Crippen LogP contribution is 2.29. The molecule has 202 valence electrons. The van der Waals surface area contributed by atoms with Crippen LogP contribution in [0.1, 0.15) is 65.6 Å². The van der Waals surface area contributed by atoms with Gasteiger partial charge in [0.15, 0.2) is 5.78 Å². The van der Waals surface area contributed by atoms with Crippen molar-refractivity contribution in [3.63, 3.8) is 0 Å². The van der Waals surface area contributed by atoms with Crippen molar-refractivity contribution in [2.24, 2.45) is 5.41 Å². The van der Waals surface area contributed by atoms with Gasteiger partial charge in [0, 0.05) is 19.4 Å². The number of carbonyl (C=O) groups excluding carboxylic acids is 3. The van der Waals surface area contributed by atoms with E-state index in [-0.39, 0.29) is 25.2 Å². The van der Waals surface area contributed by atoms with Crippen LogP contribution in [-0.4, -0.2) is 63.1 Å². The van der Waals surface area contributed by atoms with Crippen molar-refractivity contribution in [3.8, 4) is 10.4 Å². The van der Waals surface area contributed by atoms with E-state index in [0.29, 0.717) is 6.42 Å². The number of hydrogen-bond donors (Lipinski definition) is 2. The summed E-state index contributed by atoms with van der Waals surface area (Å²) in [6.07, 6.45) is -0.506. The summed E-state index contributed by atoms with van der Waals surface area (Å²) in [7, 11) is 0. The number of likely N-dealkylation sites (tertiary alicyclic amines) is 1. The minimum absolute atomic E-state index is 0.0563. The number of alkyl carbamates (subject to hydrolysis) is 1. The molecule has 2 aromatic rings. The largest absolute Gasteiger partial charge is 0.444 e. The number of rotatable bonds is 7. The van der Waals surface area contributed by atoms with Gasteiger partial charge in [0.05, 0.1) is 28.2 Å². The Morgan fingerprint density at radius 2 is 1.81 bits per heavy atom. The molecule has 0 spiro atoms. The fourth-order valence-corrected chi connectivity index (χ4v) is 5.25. The lowest BCUT2D eigenvalue weighted by Crippen LogP contribution is -2.57.